The molecule has 0 aliphatic heterocycles. The van der Waals surface area contributed by atoms with Crippen LogP contribution in [0.15, 0.2) is 15.8 Å². The highest BCUT2D eigenvalue weighted by Gasteiger charge is 2.01. The molecular weight excluding hydrogens is 170 g/mol. The van der Waals surface area contributed by atoms with Gasteiger partial charge in [-0.25, -0.2) is 4.79 Å². The SMILES string of the molecule is CCCn1cc(CN)c(=O)[nH]c1=O. The third-order valence-electron chi connectivity index (χ3n) is 1.77. The van der Waals surface area contributed by atoms with E-state index >= 15 is 0 Å². The van der Waals surface area contributed by atoms with Crippen LogP contribution < -0.4 is 17.0 Å². The first-order chi connectivity index (χ1) is 6.19. The minimum Gasteiger partial charge on any atom is -0.326 e. The molecule has 0 aliphatic carbocycles. The number of nitrogens with two attached hydrogens (primary N) is 1. The van der Waals surface area contributed by atoms with Gasteiger partial charge in [0.05, 0.1) is 0 Å². The maximum atomic E-state index is 11.2. The fraction of sp³-hybridized carbons (Fsp3) is 0.500. The first-order valence-electron chi connectivity index (χ1n) is 4.21. The molecule has 0 fully saturated rings. The van der Waals surface area contributed by atoms with E-state index in [-0.39, 0.29) is 17.8 Å². The Morgan fingerprint density at radius 2 is 2.23 bits per heavy atom. The van der Waals surface area contributed by atoms with E-state index in [1.165, 1.54) is 10.8 Å². The molecule has 3 N–H and O–H groups in total. The Morgan fingerprint density at radius 1 is 1.54 bits per heavy atom. The van der Waals surface area contributed by atoms with Gasteiger partial charge in [-0.05, 0) is 6.42 Å². The average Bonchev–Trinajstić information content (AvgIpc) is 2.10. The van der Waals surface area contributed by atoms with E-state index in [1.807, 2.05) is 6.92 Å². The third kappa shape index (κ3) is 2.06. The van der Waals surface area contributed by atoms with Crippen LogP contribution in [0.25, 0.3) is 0 Å². The largest absolute Gasteiger partial charge is 0.328 e. The Labute approximate surface area is 75.2 Å². The third-order valence-corrected chi connectivity index (χ3v) is 1.77. The van der Waals surface area contributed by atoms with Crippen molar-refractivity contribution < 1.29 is 0 Å². The second-order valence-corrected chi connectivity index (χ2v) is 2.81. The summed E-state index contributed by atoms with van der Waals surface area (Å²) < 4.78 is 1.46. The predicted molar refractivity (Wildman–Crippen MR) is 49.5 cm³/mol. The topological polar surface area (TPSA) is 80.9 Å². The molecular formula is C8H13N3O2. The zero-order valence-corrected chi connectivity index (χ0v) is 7.54. The van der Waals surface area contributed by atoms with Crippen molar-refractivity contribution in [1.82, 2.24) is 9.55 Å². The maximum absolute atomic E-state index is 11.2. The molecule has 0 amide bonds. The van der Waals surface area contributed by atoms with Crippen LogP contribution in [0.3, 0.4) is 0 Å². The number of H-pyrrole nitrogens is 1. The molecule has 0 bridgehead atoms. The van der Waals surface area contributed by atoms with Crippen LogP contribution in [0.1, 0.15) is 18.9 Å². The molecule has 0 saturated carbocycles. The van der Waals surface area contributed by atoms with E-state index in [9.17, 15) is 9.59 Å². The summed E-state index contributed by atoms with van der Waals surface area (Å²) in [4.78, 5) is 24.5. The lowest BCUT2D eigenvalue weighted by Crippen LogP contribution is -2.32. The van der Waals surface area contributed by atoms with Crippen LogP contribution in [0.4, 0.5) is 0 Å². The van der Waals surface area contributed by atoms with E-state index in [2.05, 4.69) is 4.98 Å². The van der Waals surface area contributed by atoms with Crippen LogP contribution in [-0.2, 0) is 13.1 Å². The molecule has 0 spiro atoms. The van der Waals surface area contributed by atoms with Gasteiger partial charge in [0, 0.05) is 24.8 Å². The standard InChI is InChI=1S/C8H13N3O2/c1-2-3-11-5-6(4-9)7(12)10-8(11)13/h5H,2-4,9H2,1H3,(H,10,12,13). The van der Waals surface area contributed by atoms with Gasteiger partial charge in [0.1, 0.15) is 0 Å². The number of hydrogen-bond acceptors (Lipinski definition) is 3. The van der Waals surface area contributed by atoms with Crippen molar-refractivity contribution in [1.29, 1.82) is 0 Å². The van der Waals surface area contributed by atoms with Crippen molar-refractivity contribution in [2.45, 2.75) is 26.4 Å². The molecule has 0 saturated heterocycles. The normalized spacial score (nSPS) is 10.3. The summed E-state index contributed by atoms with van der Waals surface area (Å²) in [5, 5.41) is 0. The van der Waals surface area contributed by atoms with Crippen LogP contribution in [0.5, 0.6) is 0 Å². The zero-order valence-electron chi connectivity index (χ0n) is 7.54. The summed E-state index contributed by atoms with van der Waals surface area (Å²) in [7, 11) is 0. The summed E-state index contributed by atoms with van der Waals surface area (Å²) in [6.07, 6.45) is 2.36. The van der Waals surface area contributed by atoms with Crippen LogP contribution in [-0.4, -0.2) is 9.55 Å². The molecule has 0 aromatic carbocycles. The van der Waals surface area contributed by atoms with Crippen LogP contribution in [0, 0.1) is 0 Å². The van der Waals surface area contributed by atoms with Crippen molar-refractivity contribution in [3.05, 3.63) is 32.6 Å². The highest BCUT2D eigenvalue weighted by atomic mass is 16.2. The van der Waals surface area contributed by atoms with E-state index in [0.717, 1.165) is 6.42 Å². The van der Waals surface area contributed by atoms with Crippen molar-refractivity contribution in [3.63, 3.8) is 0 Å². The highest BCUT2D eigenvalue weighted by molar-refractivity contribution is 5.03. The van der Waals surface area contributed by atoms with Gasteiger partial charge in [0.15, 0.2) is 0 Å². The zero-order chi connectivity index (χ0) is 9.84. The van der Waals surface area contributed by atoms with E-state index in [4.69, 9.17) is 5.73 Å². The molecule has 0 atom stereocenters. The molecule has 1 aromatic heterocycles. The van der Waals surface area contributed by atoms with Gasteiger partial charge in [-0.15, -0.1) is 0 Å². The number of hydrogen-bond donors (Lipinski definition) is 2. The molecule has 1 aromatic rings. The number of nitrogens with zero attached hydrogens (tertiary/aromatic N) is 1. The molecule has 0 unspecified atom stereocenters. The molecule has 72 valence electrons. The van der Waals surface area contributed by atoms with Gasteiger partial charge in [-0.3, -0.25) is 9.78 Å². The van der Waals surface area contributed by atoms with Gasteiger partial charge in [-0.2, -0.15) is 0 Å². The Balaban J connectivity index is 3.22. The predicted octanol–water partition coefficient (Wildman–Crippen LogP) is -0.595. The molecule has 13 heavy (non-hydrogen) atoms. The fourth-order valence-electron chi connectivity index (χ4n) is 1.11. The first-order valence-corrected chi connectivity index (χ1v) is 4.21. The Morgan fingerprint density at radius 3 is 2.77 bits per heavy atom. The molecule has 0 radical (unpaired) electrons. The van der Waals surface area contributed by atoms with Crippen molar-refractivity contribution in [2.24, 2.45) is 5.73 Å². The molecule has 1 heterocycles. The van der Waals surface area contributed by atoms with Gasteiger partial charge in [0.25, 0.3) is 5.56 Å². The summed E-state index contributed by atoms with van der Waals surface area (Å²) in [6, 6.07) is 0. The number of rotatable bonds is 3. The van der Waals surface area contributed by atoms with Gasteiger partial charge >= 0.3 is 5.69 Å². The Hall–Kier alpha value is -1.36. The Bertz CT molecular complexity index is 391. The lowest BCUT2D eigenvalue weighted by atomic mass is 10.3. The first kappa shape index (κ1) is 9.73. The van der Waals surface area contributed by atoms with Crippen LogP contribution >= 0.6 is 0 Å². The van der Waals surface area contributed by atoms with E-state index in [1.54, 1.807) is 0 Å². The Kier molecular flexibility index (Phi) is 3.02. The number of aromatic nitrogens is 2. The maximum Gasteiger partial charge on any atom is 0.328 e. The monoisotopic (exact) mass is 183 g/mol. The minimum atomic E-state index is -0.389. The average molecular weight is 183 g/mol. The number of nitrogens with one attached hydrogen (secondary N) is 1. The molecule has 1 rings (SSSR count). The second kappa shape index (κ2) is 4.04. The van der Waals surface area contributed by atoms with Gasteiger partial charge in [-0.1, -0.05) is 6.92 Å². The van der Waals surface area contributed by atoms with Gasteiger partial charge < -0.3 is 10.3 Å². The molecule has 5 nitrogen and oxygen atoms in total. The van der Waals surface area contributed by atoms with Gasteiger partial charge in [0.2, 0.25) is 0 Å². The molecule has 5 heteroatoms. The molecule has 0 aliphatic rings. The van der Waals surface area contributed by atoms with Crippen molar-refractivity contribution in [3.8, 4) is 0 Å². The summed E-state index contributed by atoms with van der Waals surface area (Å²) in [5.41, 5.74) is 5.01. The van der Waals surface area contributed by atoms with Crippen molar-refractivity contribution in [2.75, 3.05) is 0 Å². The summed E-state index contributed by atoms with van der Waals surface area (Å²) in [6.45, 7) is 2.71. The quantitative estimate of drug-likeness (QED) is 0.657. The van der Waals surface area contributed by atoms with Crippen LogP contribution in [0.2, 0.25) is 0 Å². The lowest BCUT2D eigenvalue weighted by Gasteiger charge is -2.03. The number of aryl methyl sites for hydroxylation is 1. The second-order valence-electron chi connectivity index (χ2n) is 2.81. The van der Waals surface area contributed by atoms with Crippen molar-refractivity contribution >= 4 is 0 Å². The summed E-state index contributed by atoms with van der Waals surface area (Å²) >= 11 is 0. The lowest BCUT2D eigenvalue weighted by molar-refractivity contribution is 0.624. The smallest absolute Gasteiger partial charge is 0.326 e. The summed E-state index contributed by atoms with van der Waals surface area (Å²) in [5.74, 6) is 0. The van der Waals surface area contributed by atoms with E-state index in [0.29, 0.717) is 12.1 Å². The number of aromatic amines is 1. The van der Waals surface area contributed by atoms with E-state index < -0.39 is 0 Å². The fourth-order valence-corrected chi connectivity index (χ4v) is 1.11. The minimum absolute atomic E-state index is 0.152. The highest BCUT2D eigenvalue weighted by Crippen LogP contribution is 1.87.